The van der Waals surface area contributed by atoms with Crippen LogP contribution in [0.1, 0.15) is 11.3 Å². The molecule has 0 fully saturated rings. The van der Waals surface area contributed by atoms with Gasteiger partial charge in [0.15, 0.2) is 5.60 Å². The summed E-state index contributed by atoms with van der Waals surface area (Å²) in [7, 11) is 2.99. The first kappa shape index (κ1) is 24.2. The van der Waals surface area contributed by atoms with Crippen molar-refractivity contribution in [2.45, 2.75) is 11.5 Å². The van der Waals surface area contributed by atoms with E-state index in [1.807, 2.05) is 0 Å². The van der Waals surface area contributed by atoms with Crippen LogP contribution in [0.5, 0.6) is 17.2 Å². The molecule has 184 valence electrons. The molecule has 2 aromatic carbocycles. The Morgan fingerprint density at radius 3 is 2.43 bits per heavy atom. The SMILES string of the molecule is COc1cccc(Oc2ccc(C(F)(F)C(O)(CN3C=NN(C)N3)c3ccc(F)cc3F)nc2)c1. The average Bonchev–Trinajstić information content (AvgIpc) is 3.23. The first-order valence-electron chi connectivity index (χ1n) is 10.3. The van der Waals surface area contributed by atoms with Crippen LogP contribution in [0.15, 0.2) is 65.9 Å². The molecule has 4 rings (SSSR count). The first-order chi connectivity index (χ1) is 16.6. The number of nitrogens with one attached hydrogen (secondary N) is 1. The normalized spacial score (nSPS) is 15.3. The molecule has 3 aromatic rings. The Balaban J connectivity index is 1.67. The van der Waals surface area contributed by atoms with Gasteiger partial charge in [-0.15, -0.1) is 10.6 Å². The Hall–Kier alpha value is -3.90. The van der Waals surface area contributed by atoms with Crippen LogP contribution in [-0.4, -0.2) is 47.3 Å². The van der Waals surface area contributed by atoms with E-state index in [-0.39, 0.29) is 5.75 Å². The summed E-state index contributed by atoms with van der Waals surface area (Å²) >= 11 is 0. The number of methoxy groups -OCH3 is 1. The summed E-state index contributed by atoms with van der Waals surface area (Å²) in [5.74, 6) is -5.38. The number of benzene rings is 2. The summed E-state index contributed by atoms with van der Waals surface area (Å²) in [6.07, 6.45) is 2.19. The predicted molar refractivity (Wildman–Crippen MR) is 118 cm³/mol. The van der Waals surface area contributed by atoms with E-state index in [9.17, 15) is 13.9 Å². The quantitative estimate of drug-likeness (QED) is 0.465. The van der Waals surface area contributed by atoms with E-state index in [4.69, 9.17) is 9.47 Å². The molecule has 1 atom stereocenters. The molecule has 0 saturated heterocycles. The second-order valence-corrected chi connectivity index (χ2v) is 7.70. The van der Waals surface area contributed by atoms with E-state index >= 15 is 8.78 Å². The van der Waals surface area contributed by atoms with Gasteiger partial charge in [0.2, 0.25) is 0 Å². The molecule has 2 N–H and O–H groups in total. The molecule has 1 aliphatic heterocycles. The average molecular weight is 491 g/mol. The molecule has 1 aliphatic rings. The maximum atomic E-state index is 15.8. The number of rotatable bonds is 8. The maximum absolute atomic E-state index is 15.8. The Labute approximate surface area is 198 Å². The molecule has 0 radical (unpaired) electrons. The molecule has 0 saturated carbocycles. The highest BCUT2D eigenvalue weighted by Gasteiger charge is 2.58. The van der Waals surface area contributed by atoms with E-state index in [1.165, 1.54) is 25.3 Å². The van der Waals surface area contributed by atoms with Crippen LogP contribution in [0.2, 0.25) is 0 Å². The minimum Gasteiger partial charge on any atom is -0.497 e. The van der Waals surface area contributed by atoms with Gasteiger partial charge in [-0.2, -0.15) is 8.78 Å². The number of ether oxygens (including phenoxy) is 2. The zero-order valence-corrected chi connectivity index (χ0v) is 18.6. The van der Waals surface area contributed by atoms with Crippen molar-refractivity contribution in [3.05, 3.63) is 83.7 Å². The highest BCUT2D eigenvalue weighted by atomic mass is 19.3. The van der Waals surface area contributed by atoms with E-state index in [1.54, 1.807) is 24.3 Å². The van der Waals surface area contributed by atoms with Gasteiger partial charge < -0.3 is 14.6 Å². The van der Waals surface area contributed by atoms with Crippen LogP contribution < -0.4 is 15.0 Å². The third kappa shape index (κ3) is 4.84. The van der Waals surface area contributed by atoms with Gasteiger partial charge in [0.25, 0.3) is 0 Å². The van der Waals surface area contributed by atoms with Crippen LogP contribution in [-0.2, 0) is 11.5 Å². The minimum absolute atomic E-state index is 0.143. The summed E-state index contributed by atoms with van der Waals surface area (Å²) in [5.41, 5.74) is -2.25. The highest BCUT2D eigenvalue weighted by molar-refractivity contribution is 5.55. The van der Waals surface area contributed by atoms with Crippen molar-refractivity contribution in [1.82, 2.24) is 20.6 Å². The minimum atomic E-state index is -4.13. The van der Waals surface area contributed by atoms with Crippen molar-refractivity contribution < 1.29 is 32.1 Å². The van der Waals surface area contributed by atoms with Gasteiger partial charge in [-0.25, -0.2) is 13.9 Å². The Bertz CT molecular complexity index is 1230. The van der Waals surface area contributed by atoms with Crippen molar-refractivity contribution in [3.63, 3.8) is 0 Å². The number of hydrogen-bond acceptors (Lipinski definition) is 8. The smallest absolute Gasteiger partial charge is 0.323 e. The van der Waals surface area contributed by atoms with E-state index in [0.717, 1.165) is 35.7 Å². The van der Waals surface area contributed by atoms with Gasteiger partial charge in [0.1, 0.15) is 40.9 Å². The number of aromatic nitrogens is 1. The lowest BCUT2D eigenvalue weighted by molar-refractivity contribution is -0.207. The summed E-state index contributed by atoms with van der Waals surface area (Å²) in [4.78, 5) is 3.77. The summed E-state index contributed by atoms with van der Waals surface area (Å²) in [6, 6.07) is 10.8. The van der Waals surface area contributed by atoms with Crippen molar-refractivity contribution in [3.8, 4) is 17.2 Å². The fourth-order valence-corrected chi connectivity index (χ4v) is 3.52. The number of alkyl halides is 2. The zero-order valence-electron chi connectivity index (χ0n) is 18.6. The van der Waals surface area contributed by atoms with Crippen LogP contribution >= 0.6 is 0 Å². The van der Waals surface area contributed by atoms with Crippen LogP contribution in [0.4, 0.5) is 17.6 Å². The second-order valence-electron chi connectivity index (χ2n) is 7.70. The Kier molecular flexibility index (Phi) is 6.50. The number of hydrazine groups is 2. The van der Waals surface area contributed by atoms with Crippen LogP contribution in [0, 0.1) is 11.6 Å². The van der Waals surface area contributed by atoms with E-state index in [2.05, 4.69) is 15.6 Å². The van der Waals surface area contributed by atoms with Gasteiger partial charge in [-0.05, 0) is 36.4 Å². The lowest BCUT2D eigenvalue weighted by Gasteiger charge is -2.38. The Morgan fingerprint density at radius 2 is 1.80 bits per heavy atom. The summed E-state index contributed by atoms with van der Waals surface area (Å²) in [5, 5.41) is 17.3. The number of pyridine rings is 1. The highest BCUT2D eigenvalue weighted by Crippen LogP contribution is 2.46. The Morgan fingerprint density at radius 1 is 1.03 bits per heavy atom. The van der Waals surface area contributed by atoms with Gasteiger partial charge in [-0.3, -0.25) is 9.99 Å². The number of β-amino-alcohol motifs (C(OH)–C–C–N with tert-alkyl or cyclic N) is 1. The molecule has 1 aromatic heterocycles. The van der Waals surface area contributed by atoms with Gasteiger partial charge >= 0.3 is 5.92 Å². The van der Waals surface area contributed by atoms with Crippen LogP contribution in [0.3, 0.4) is 0 Å². The summed E-state index contributed by atoms with van der Waals surface area (Å²) in [6.45, 7) is -0.847. The van der Waals surface area contributed by atoms with Crippen molar-refractivity contribution >= 4 is 6.34 Å². The standard InChI is InChI=1S/C23H21F4N5O3/c1-31-29-14-32(30-31)13-22(33,19-8-6-15(24)10-20(19)25)23(26,27)21-9-7-18(12-28-21)35-17-5-3-4-16(11-17)34-2/h3-12,14,30,33H,13H2,1-2H3. The van der Waals surface area contributed by atoms with Gasteiger partial charge in [0.05, 0.1) is 19.9 Å². The van der Waals surface area contributed by atoms with E-state index < -0.39 is 41.0 Å². The monoisotopic (exact) mass is 491 g/mol. The fourth-order valence-electron chi connectivity index (χ4n) is 3.52. The number of hydrogen-bond donors (Lipinski definition) is 2. The molecule has 2 heterocycles. The molecule has 1 unspecified atom stereocenters. The third-order valence-corrected chi connectivity index (χ3v) is 5.27. The molecule has 12 heteroatoms. The number of aliphatic hydroxyl groups is 1. The molecule has 35 heavy (non-hydrogen) atoms. The topological polar surface area (TPSA) is 82.5 Å². The predicted octanol–water partition coefficient (Wildman–Crippen LogP) is 3.75. The zero-order chi connectivity index (χ0) is 25.2. The van der Waals surface area contributed by atoms with Crippen LogP contribution in [0.25, 0.3) is 0 Å². The maximum Gasteiger partial charge on any atom is 0.323 e. The molecular formula is C23H21F4N5O3. The summed E-state index contributed by atoms with van der Waals surface area (Å²) < 4.78 is 70.5. The van der Waals surface area contributed by atoms with Crippen molar-refractivity contribution in [2.75, 3.05) is 20.7 Å². The number of nitrogens with zero attached hydrogens (tertiary/aromatic N) is 4. The molecule has 0 amide bonds. The first-order valence-corrected chi connectivity index (χ1v) is 10.3. The lowest BCUT2D eigenvalue weighted by Crippen LogP contribution is -2.55. The molecular weight excluding hydrogens is 470 g/mol. The molecule has 0 spiro atoms. The van der Waals surface area contributed by atoms with Crippen molar-refractivity contribution in [2.24, 2.45) is 5.10 Å². The second kappa shape index (κ2) is 9.39. The molecule has 8 nitrogen and oxygen atoms in total. The number of hydrazone groups is 1. The molecule has 0 bridgehead atoms. The fraction of sp³-hybridized carbons (Fsp3) is 0.217. The van der Waals surface area contributed by atoms with Gasteiger partial charge in [-0.1, -0.05) is 6.07 Å². The largest absolute Gasteiger partial charge is 0.497 e. The number of halogens is 4. The van der Waals surface area contributed by atoms with E-state index in [0.29, 0.717) is 17.6 Å². The third-order valence-electron chi connectivity index (χ3n) is 5.27. The lowest BCUT2D eigenvalue weighted by atomic mass is 9.84. The molecule has 0 aliphatic carbocycles. The van der Waals surface area contributed by atoms with Crippen molar-refractivity contribution in [1.29, 1.82) is 0 Å². The van der Waals surface area contributed by atoms with Gasteiger partial charge in [0, 0.05) is 24.7 Å².